The van der Waals surface area contributed by atoms with Gasteiger partial charge in [-0.15, -0.1) is 0 Å². The Labute approximate surface area is 149 Å². The normalized spacial score (nSPS) is 53.8. The minimum absolute atomic E-state index is 0.0749. The highest BCUT2D eigenvalue weighted by Crippen LogP contribution is 2.68. The molecule has 1 heteroatoms. The van der Waals surface area contributed by atoms with Gasteiger partial charge in [0.05, 0.1) is 6.10 Å². The maximum Gasteiger partial charge on any atom is 0.0577 e. The van der Waals surface area contributed by atoms with Gasteiger partial charge in [0.15, 0.2) is 0 Å². The van der Waals surface area contributed by atoms with E-state index >= 15 is 0 Å². The van der Waals surface area contributed by atoms with Gasteiger partial charge in [-0.1, -0.05) is 52.2 Å². The summed E-state index contributed by atoms with van der Waals surface area (Å²) in [5.74, 6) is 4.60. The van der Waals surface area contributed by atoms with Crippen molar-refractivity contribution in [2.75, 3.05) is 0 Å². The van der Waals surface area contributed by atoms with Crippen LogP contribution in [0.3, 0.4) is 0 Å². The molecule has 0 bridgehead atoms. The summed E-state index contributed by atoms with van der Waals surface area (Å²) < 4.78 is 0. The standard InChI is InChI=1S/C23H38O/c1-5-6-16-13-15(2)21-19-8-7-17-14-18(24)9-11-22(17,3)20(19)10-12-23(16,21)4/h7,15-16,18-21,24H,5-6,8-14H2,1-4H3. The van der Waals surface area contributed by atoms with E-state index in [9.17, 15) is 5.11 Å². The second kappa shape index (κ2) is 5.86. The maximum absolute atomic E-state index is 10.1. The van der Waals surface area contributed by atoms with Crippen molar-refractivity contribution in [3.63, 3.8) is 0 Å². The fourth-order valence-corrected chi connectivity index (χ4v) is 8.13. The van der Waals surface area contributed by atoms with Crippen molar-refractivity contribution < 1.29 is 5.11 Å². The number of aliphatic hydroxyl groups is 1. The van der Waals surface area contributed by atoms with E-state index in [0.29, 0.717) is 10.8 Å². The molecule has 1 nitrogen and oxygen atoms in total. The van der Waals surface area contributed by atoms with Crippen molar-refractivity contribution >= 4 is 0 Å². The first-order valence-electron chi connectivity index (χ1n) is 10.8. The molecule has 4 aliphatic carbocycles. The Hall–Kier alpha value is -0.300. The van der Waals surface area contributed by atoms with E-state index in [1.54, 1.807) is 5.57 Å². The first kappa shape index (κ1) is 17.1. The zero-order chi connectivity index (χ0) is 17.1. The maximum atomic E-state index is 10.1. The van der Waals surface area contributed by atoms with Gasteiger partial charge >= 0.3 is 0 Å². The van der Waals surface area contributed by atoms with E-state index < -0.39 is 0 Å². The van der Waals surface area contributed by atoms with Crippen LogP contribution in [0.2, 0.25) is 0 Å². The number of hydrogen-bond donors (Lipinski definition) is 1. The summed E-state index contributed by atoms with van der Waals surface area (Å²) in [6.07, 6.45) is 14.2. The lowest BCUT2D eigenvalue weighted by Crippen LogP contribution is -2.51. The van der Waals surface area contributed by atoms with E-state index in [1.807, 2.05) is 0 Å². The highest BCUT2D eigenvalue weighted by atomic mass is 16.3. The van der Waals surface area contributed by atoms with Crippen LogP contribution in [-0.2, 0) is 0 Å². The first-order chi connectivity index (χ1) is 11.4. The van der Waals surface area contributed by atoms with Crippen LogP contribution in [0.4, 0.5) is 0 Å². The summed E-state index contributed by atoms with van der Waals surface area (Å²) in [4.78, 5) is 0. The van der Waals surface area contributed by atoms with Crippen LogP contribution in [0, 0.1) is 40.4 Å². The van der Waals surface area contributed by atoms with Crippen LogP contribution in [0.25, 0.3) is 0 Å². The van der Waals surface area contributed by atoms with Crippen LogP contribution < -0.4 is 0 Å². The van der Waals surface area contributed by atoms with Gasteiger partial charge in [-0.25, -0.2) is 0 Å². The van der Waals surface area contributed by atoms with Gasteiger partial charge in [0, 0.05) is 0 Å². The summed E-state index contributed by atoms with van der Waals surface area (Å²) in [7, 11) is 0. The van der Waals surface area contributed by atoms with Gasteiger partial charge in [-0.05, 0) is 85.4 Å². The molecular formula is C23H38O. The molecule has 3 saturated carbocycles. The van der Waals surface area contributed by atoms with E-state index in [2.05, 4.69) is 33.8 Å². The highest BCUT2D eigenvalue weighted by molar-refractivity contribution is 5.25. The molecule has 0 aromatic carbocycles. The predicted octanol–water partition coefficient (Wildman–Crippen LogP) is 5.97. The molecule has 0 radical (unpaired) electrons. The van der Waals surface area contributed by atoms with E-state index in [1.165, 1.54) is 44.9 Å². The van der Waals surface area contributed by atoms with Crippen LogP contribution in [0.15, 0.2) is 11.6 Å². The van der Waals surface area contributed by atoms with Gasteiger partial charge in [0.1, 0.15) is 0 Å². The lowest BCUT2D eigenvalue weighted by Gasteiger charge is -2.58. The van der Waals surface area contributed by atoms with Gasteiger partial charge in [-0.2, -0.15) is 0 Å². The first-order valence-corrected chi connectivity index (χ1v) is 10.8. The zero-order valence-electron chi connectivity index (χ0n) is 16.4. The zero-order valence-corrected chi connectivity index (χ0v) is 16.4. The lowest BCUT2D eigenvalue weighted by atomic mass is 9.46. The molecule has 0 aromatic rings. The van der Waals surface area contributed by atoms with E-state index in [4.69, 9.17) is 0 Å². The van der Waals surface area contributed by atoms with Crippen molar-refractivity contribution in [3.05, 3.63) is 11.6 Å². The fraction of sp³-hybridized carbons (Fsp3) is 0.913. The van der Waals surface area contributed by atoms with Crippen LogP contribution in [-0.4, -0.2) is 11.2 Å². The Morgan fingerprint density at radius 3 is 2.75 bits per heavy atom. The smallest absolute Gasteiger partial charge is 0.0577 e. The fourth-order valence-electron chi connectivity index (χ4n) is 8.13. The van der Waals surface area contributed by atoms with Gasteiger partial charge < -0.3 is 5.11 Å². The molecule has 24 heavy (non-hydrogen) atoms. The molecule has 0 heterocycles. The summed E-state index contributed by atoms with van der Waals surface area (Å²) in [6.45, 7) is 10.1. The molecule has 0 saturated heterocycles. The molecule has 8 atom stereocenters. The van der Waals surface area contributed by atoms with Crippen LogP contribution >= 0.6 is 0 Å². The summed E-state index contributed by atoms with van der Waals surface area (Å²) in [5, 5.41) is 10.1. The topological polar surface area (TPSA) is 20.2 Å². The molecule has 3 fully saturated rings. The number of hydrogen-bond acceptors (Lipinski definition) is 1. The van der Waals surface area contributed by atoms with Gasteiger partial charge in [0.2, 0.25) is 0 Å². The molecule has 8 unspecified atom stereocenters. The highest BCUT2D eigenvalue weighted by Gasteiger charge is 2.60. The SMILES string of the molecule is CCCC1CC(C)C2C3CC=C4CC(O)CCC4(C)C3CCC12C. The van der Waals surface area contributed by atoms with E-state index in [-0.39, 0.29) is 6.10 Å². The molecule has 0 aliphatic heterocycles. The van der Waals surface area contributed by atoms with Gasteiger partial charge in [0.25, 0.3) is 0 Å². The Bertz CT molecular complexity index is 522. The molecular weight excluding hydrogens is 292 g/mol. The van der Waals surface area contributed by atoms with Crippen LogP contribution in [0.5, 0.6) is 0 Å². The third kappa shape index (κ3) is 2.29. The molecule has 0 spiro atoms. The van der Waals surface area contributed by atoms with Crippen molar-refractivity contribution in [2.45, 2.75) is 91.6 Å². The minimum atomic E-state index is -0.0749. The van der Waals surface area contributed by atoms with Crippen molar-refractivity contribution in [1.29, 1.82) is 0 Å². The summed E-state index contributed by atoms with van der Waals surface area (Å²) in [6, 6.07) is 0. The quantitative estimate of drug-likeness (QED) is 0.618. The third-order valence-electron chi connectivity index (χ3n) is 9.21. The van der Waals surface area contributed by atoms with Gasteiger partial charge in [-0.3, -0.25) is 0 Å². The molecule has 0 amide bonds. The molecule has 136 valence electrons. The Morgan fingerprint density at radius 2 is 2.00 bits per heavy atom. The van der Waals surface area contributed by atoms with Crippen molar-refractivity contribution in [2.24, 2.45) is 40.4 Å². The van der Waals surface area contributed by atoms with E-state index in [0.717, 1.165) is 42.4 Å². The molecule has 1 N–H and O–H groups in total. The Kier molecular flexibility index (Phi) is 4.18. The molecule has 4 aliphatic rings. The third-order valence-corrected chi connectivity index (χ3v) is 9.21. The number of aliphatic hydroxyl groups excluding tert-OH is 1. The second-order valence-electron chi connectivity index (χ2n) is 10.3. The largest absolute Gasteiger partial charge is 0.393 e. The lowest BCUT2D eigenvalue weighted by molar-refractivity contribution is -0.0600. The predicted molar refractivity (Wildman–Crippen MR) is 101 cm³/mol. The minimum Gasteiger partial charge on any atom is -0.393 e. The average Bonchev–Trinajstić information content (AvgIpc) is 2.79. The Morgan fingerprint density at radius 1 is 1.21 bits per heavy atom. The van der Waals surface area contributed by atoms with Crippen molar-refractivity contribution in [1.82, 2.24) is 0 Å². The second-order valence-corrected chi connectivity index (χ2v) is 10.3. The number of fused-ring (bicyclic) bond motifs is 5. The number of allylic oxidation sites excluding steroid dienone is 1. The summed E-state index contributed by atoms with van der Waals surface area (Å²) >= 11 is 0. The number of rotatable bonds is 2. The summed E-state index contributed by atoms with van der Waals surface area (Å²) in [5.41, 5.74) is 2.61. The monoisotopic (exact) mass is 330 g/mol. The Balaban J connectivity index is 1.66. The van der Waals surface area contributed by atoms with Crippen LogP contribution in [0.1, 0.15) is 85.5 Å². The average molecular weight is 331 g/mol. The molecule has 0 aromatic heterocycles. The van der Waals surface area contributed by atoms with Crippen molar-refractivity contribution in [3.8, 4) is 0 Å². The molecule has 4 rings (SSSR count).